The van der Waals surface area contributed by atoms with Gasteiger partial charge in [-0.25, -0.2) is 9.97 Å². The van der Waals surface area contributed by atoms with E-state index in [1.165, 1.54) is 10.3 Å². The average molecular weight is 555 g/mol. The molecule has 0 aliphatic carbocycles. The highest BCUT2D eigenvalue weighted by Gasteiger charge is 2.22. The van der Waals surface area contributed by atoms with Crippen LogP contribution in [0, 0.1) is 0 Å². The van der Waals surface area contributed by atoms with Crippen LogP contribution < -0.4 is 0 Å². The van der Waals surface area contributed by atoms with Crippen LogP contribution in [0.4, 0.5) is 0 Å². The summed E-state index contributed by atoms with van der Waals surface area (Å²) in [6.07, 6.45) is 0. The van der Waals surface area contributed by atoms with Crippen LogP contribution in [0.5, 0.6) is 0 Å². The fourth-order valence-corrected chi connectivity index (χ4v) is 7.34. The molecule has 0 amide bonds. The molecule has 0 unspecified atom stereocenters. The second-order valence-corrected chi connectivity index (χ2v) is 11.6. The second kappa shape index (κ2) is 9.10. The van der Waals surface area contributed by atoms with Gasteiger partial charge in [-0.3, -0.25) is 0 Å². The molecule has 0 saturated heterocycles. The van der Waals surface area contributed by atoms with Crippen molar-refractivity contribution in [2.75, 3.05) is 0 Å². The van der Waals surface area contributed by atoms with Crippen molar-refractivity contribution in [2.24, 2.45) is 0 Å². The first kappa shape index (κ1) is 23.4. The number of furan rings is 1. The molecule has 0 atom stereocenters. The number of hydrogen-bond acceptors (Lipinski definition) is 4. The summed E-state index contributed by atoms with van der Waals surface area (Å²) in [5, 5.41) is 5.56. The maximum Gasteiger partial charge on any atom is 0.160 e. The molecule has 42 heavy (non-hydrogen) atoms. The lowest BCUT2D eigenvalue weighted by Gasteiger charge is -2.11. The van der Waals surface area contributed by atoms with E-state index in [9.17, 15) is 0 Å². The van der Waals surface area contributed by atoms with E-state index in [2.05, 4.69) is 115 Å². The molecule has 0 fully saturated rings. The maximum atomic E-state index is 6.62. The van der Waals surface area contributed by atoms with Gasteiger partial charge in [0.25, 0.3) is 0 Å². The lowest BCUT2D eigenvalue weighted by molar-refractivity contribution is 0.673. The summed E-state index contributed by atoms with van der Waals surface area (Å²) >= 11 is 1.76. The van der Waals surface area contributed by atoms with Gasteiger partial charge in [0.2, 0.25) is 0 Å². The van der Waals surface area contributed by atoms with Crippen molar-refractivity contribution in [3.8, 4) is 33.8 Å². The Morgan fingerprint density at radius 3 is 2.02 bits per heavy atom. The van der Waals surface area contributed by atoms with Gasteiger partial charge in [-0.05, 0) is 34.7 Å². The Labute approximate surface area is 245 Å². The van der Waals surface area contributed by atoms with E-state index in [-0.39, 0.29) is 0 Å². The largest absolute Gasteiger partial charge is 0.455 e. The van der Waals surface area contributed by atoms with Crippen molar-refractivity contribution < 1.29 is 4.42 Å². The second-order valence-electron chi connectivity index (χ2n) is 10.5. The van der Waals surface area contributed by atoms with Crippen LogP contribution in [0.15, 0.2) is 138 Å². The Hall–Kier alpha value is -5.32. The quantitative estimate of drug-likeness (QED) is 0.218. The highest BCUT2D eigenvalue weighted by atomic mass is 32.1. The van der Waals surface area contributed by atoms with Crippen LogP contribution in [0.25, 0.3) is 86.8 Å². The topological polar surface area (TPSA) is 38.9 Å². The van der Waals surface area contributed by atoms with E-state index in [0.717, 1.165) is 76.5 Å². The zero-order valence-electron chi connectivity index (χ0n) is 22.4. The minimum Gasteiger partial charge on any atom is -0.455 e. The van der Waals surface area contributed by atoms with Gasteiger partial charge in [0, 0.05) is 37.4 Å². The normalized spacial score (nSPS) is 11.8. The smallest absolute Gasteiger partial charge is 0.160 e. The third-order valence-electron chi connectivity index (χ3n) is 8.09. The average Bonchev–Trinajstić information content (AvgIpc) is 3.63. The molecule has 9 rings (SSSR count). The number of thiophene rings is 1. The van der Waals surface area contributed by atoms with Crippen molar-refractivity contribution in [2.45, 2.75) is 0 Å². The Bertz CT molecular complexity index is 2460. The van der Waals surface area contributed by atoms with Crippen LogP contribution in [0.2, 0.25) is 0 Å². The summed E-state index contributed by atoms with van der Waals surface area (Å²) in [5.41, 5.74) is 8.14. The maximum absolute atomic E-state index is 6.62. The van der Waals surface area contributed by atoms with E-state index in [1.807, 2.05) is 18.2 Å². The molecule has 0 bridgehead atoms. The molecular formula is C38H22N2OS. The number of benzene rings is 6. The number of aromatic nitrogens is 2. The van der Waals surface area contributed by atoms with Crippen LogP contribution in [-0.4, -0.2) is 9.97 Å². The van der Waals surface area contributed by atoms with Gasteiger partial charge in [0.15, 0.2) is 5.82 Å². The van der Waals surface area contributed by atoms with Crippen LogP contribution >= 0.6 is 11.3 Å². The molecule has 3 nitrogen and oxygen atoms in total. The first-order chi connectivity index (χ1) is 20.8. The van der Waals surface area contributed by atoms with Gasteiger partial charge in [-0.1, -0.05) is 115 Å². The summed E-state index contributed by atoms with van der Waals surface area (Å²) in [4.78, 5) is 10.4. The number of fused-ring (bicyclic) bond motifs is 8. The number of nitrogens with zero attached hydrogens (tertiary/aromatic N) is 2. The monoisotopic (exact) mass is 554 g/mol. The van der Waals surface area contributed by atoms with E-state index in [1.54, 1.807) is 11.3 Å². The number of rotatable bonds is 3. The standard InChI is InChI=1S/C38H22N2OS/c1-3-12-23(13-4-1)25-19-11-20-31-33(25)30-22-29(26-16-7-8-17-27(26)36(30)41-31)35-37-34(28-18-9-10-21-32(28)42-37)39-38(40-35)24-14-5-2-6-15-24/h1-22H. The van der Waals surface area contributed by atoms with E-state index in [0.29, 0.717) is 0 Å². The summed E-state index contributed by atoms with van der Waals surface area (Å²) in [6.45, 7) is 0. The zero-order valence-corrected chi connectivity index (χ0v) is 23.2. The van der Waals surface area contributed by atoms with Crippen LogP contribution in [0.3, 0.4) is 0 Å². The van der Waals surface area contributed by atoms with Gasteiger partial charge in [0.05, 0.1) is 15.9 Å². The summed E-state index contributed by atoms with van der Waals surface area (Å²) in [6, 6.07) is 46.5. The lowest BCUT2D eigenvalue weighted by Crippen LogP contribution is -1.94. The Morgan fingerprint density at radius 1 is 0.524 bits per heavy atom. The predicted molar refractivity (Wildman–Crippen MR) is 176 cm³/mol. The molecule has 9 aromatic rings. The fourth-order valence-electron chi connectivity index (χ4n) is 6.19. The first-order valence-electron chi connectivity index (χ1n) is 14.0. The predicted octanol–water partition coefficient (Wildman–Crippen LogP) is 10.9. The van der Waals surface area contributed by atoms with Gasteiger partial charge < -0.3 is 4.42 Å². The molecule has 0 radical (unpaired) electrons. The Balaban J connectivity index is 1.45. The van der Waals surface area contributed by atoms with Crippen LogP contribution in [0.1, 0.15) is 0 Å². The van der Waals surface area contributed by atoms with Crippen LogP contribution in [-0.2, 0) is 0 Å². The van der Waals surface area contributed by atoms with Gasteiger partial charge in [0.1, 0.15) is 11.2 Å². The molecule has 0 aliphatic heterocycles. The van der Waals surface area contributed by atoms with Gasteiger partial charge in [-0.2, -0.15) is 0 Å². The lowest BCUT2D eigenvalue weighted by atomic mass is 9.95. The highest BCUT2D eigenvalue weighted by molar-refractivity contribution is 7.26. The van der Waals surface area contributed by atoms with Crippen molar-refractivity contribution in [1.29, 1.82) is 0 Å². The van der Waals surface area contributed by atoms with E-state index in [4.69, 9.17) is 14.4 Å². The Morgan fingerprint density at radius 2 is 1.21 bits per heavy atom. The van der Waals surface area contributed by atoms with Gasteiger partial charge >= 0.3 is 0 Å². The highest BCUT2D eigenvalue weighted by Crippen LogP contribution is 2.46. The molecule has 0 N–H and O–H groups in total. The Kier molecular flexibility index (Phi) is 5.07. The fraction of sp³-hybridized carbons (Fsp3) is 0. The van der Waals surface area contributed by atoms with E-state index >= 15 is 0 Å². The van der Waals surface area contributed by atoms with Crippen molar-refractivity contribution >= 4 is 64.4 Å². The minimum absolute atomic E-state index is 0.729. The van der Waals surface area contributed by atoms with Crippen molar-refractivity contribution in [1.82, 2.24) is 9.97 Å². The number of hydrogen-bond donors (Lipinski definition) is 0. The summed E-state index contributed by atoms with van der Waals surface area (Å²) < 4.78 is 8.92. The molecule has 0 saturated carbocycles. The molecule has 3 heterocycles. The third-order valence-corrected chi connectivity index (χ3v) is 9.26. The molecule has 3 aromatic heterocycles. The summed E-state index contributed by atoms with van der Waals surface area (Å²) in [7, 11) is 0. The minimum atomic E-state index is 0.729. The first-order valence-corrected chi connectivity index (χ1v) is 14.8. The molecule has 196 valence electrons. The summed E-state index contributed by atoms with van der Waals surface area (Å²) in [5.74, 6) is 0.729. The molecule has 6 aromatic carbocycles. The van der Waals surface area contributed by atoms with E-state index < -0.39 is 0 Å². The molecule has 0 spiro atoms. The van der Waals surface area contributed by atoms with Crippen molar-refractivity contribution in [3.05, 3.63) is 133 Å². The SMILES string of the molecule is c1ccc(-c2nc(-c3cc4c(oc5cccc(-c6ccccc6)c54)c4ccccc34)c3sc4ccccc4c3n2)cc1. The zero-order chi connectivity index (χ0) is 27.6. The van der Waals surface area contributed by atoms with Crippen molar-refractivity contribution in [3.63, 3.8) is 0 Å². The molecule has 0 aliphatic rings. The third kappa shape index (κ3) is 3.46. The molecular weight excluding hydrogens is 532 g/mol. The molecule has 4 heteroatoms. The van der Waals surface area contributed by atoms with Gasteiger partial charge in [-0.15, -0.1) is 11.3 Å².